The number of thioether (sulfide) groups is 1. The van der Waals surface area contributed by atoms with Crippen LogP contribution in [0.25, 0.3) is 0 Å². The minimum Gasteiger partial charge on any atom is -0.490 e. The molecule has 0 saturated carbocycles. The van der Waals surface area contributed by atoms with Crippen LogP contribution < -0.4 is 10.1 Å². The average Bonchev–Trinajstić information content (AvgIpc) is 2.63. The molecule has 0 spiro atoms. The fourth-order valence-electron chi connectivity index (χ4n) is 2.34. The number of carbonyl (C=O) groups is 1. The highest BCUT2D eigenvalue weighted by Gasteiger charge is 2.15. The lowest BCUT2D eigenvalue weighted by Gasteiger charge is -2.08. The lowest BCUT2D eigenvalue weighted by Crippen LogP contribution is -2.27. The fourth-order valence-corrected chi connectivity index (χ4v) is 3.65. The zero-order valence-corrected chi connectivity index (χ0v) is 16.9. The molecule has 0 radical (unpaired) electrons. The number of methoxy groups -OCH3 is 1. The number of amides is 1. The summed E-state index contributed by atoms with van der Waals surface area (Å²) in [5, 5.41) is 15.0. The first-order chi connectivity index (χ1) is 12.9. The van der Waals surface area contributed by atoms with E-state index in [4.69, 9.17) is 27.9 Å². The third-order valence-corrected chi connectivity index (χ3v) is 5.26. The van der Waals surface area contributed by atoms with Gasteiger partial charge < -0.3 is 10.1 Å². The predicted molar refractivity (Wildman–Crippen MR) is 109 cm³/mol. The molecule has 2 aromatic rings. The van der Waals surface area contributed by atoms with Crippen molar-refractivity contribution in [3.63, 3.8) is 0 Å². The quantitative estimate of drug-likeness (QED) is 0.469. The van der Waals surface area contributed by atoms with Gasteiger partial charge in [0.15, 0.2) is 5.75 Å². The zero-order chi connectivity index (χ0) is 19.8. The molecule has 0 fully saturated rings. The maximum atomic E-state index is 11.9. The van der Waals surface area contributed by atoms with Crippen LogP contribution >= 0.6 is 35.0 Å². The van der Waals surface area contributed by atoms with E-state index in [1.807, 2.05) is 6.07 Å². The summed E-state index contributed by atoms with van der Waals surface area (Å²) in [6.07, 6.45) is 0.608. The van der Waals surface area contributed by atoms with Crippen LogP contribution in [-0.2, 0) is 17.0 Å². The van der Waals surface area contributed by atoms with Crippen molar-refractivity contribution in [1.29, 1.82) is 0 Å². The summed E-state index contributed by atoms with van der Waals surface area (Å²) in [5.41, 5.74) is 1.59. The molecule has 0 aromatic heterocycles. The first-order valence-electron chi connectivity index (χ1n) is 8.00. The van der Waals surface area contributed by atoms with Gasteiger partial charge in [0.25, 0.3) is 0 Å². The molecule has 144 valence electrons. The van der Waals surface area contributed by atoms with Gasteiger partial charge >= 0.3 is 5.69 Å². The van der Waals surface area contributed by atoms with Crippen LogP contribution in [0, 0.1) is 10.1 Å². The number of benzene rings is 2. The molecule has 0 aliphatic heterocycles. The summed E-state index contributed by atoms with van der Waals surface area (Å²) in [5.74, 6) is 0.857. The maximum Gasteiger partial charge on any atom is 0.311 e. The van der Waals surface area contributed by atoms with Crippen molar-refractivity contribution in [2.75, 3.05) is 19.4 Å². The van der Waals surface area contributed by atoms with Crippen LogP contribution in [0.1, 0.15) is 11.1 Å². The molecule has 0 unspecified atom stereocenters. The van der Waals surface area contributed by atoms with E-state index in [0.29, 0.717) is 28.8 Å². The Morgan fingerprint density at radius 1 is 1.26 bits per heavy atom. The minimum atomic E-state index is -0.485. The van der Waals surface area contributed by atoms with Gasteiger partial charge in [-0.1, -0.05) is 35.3 Å². The molecular weight excluding hydrogens is 411 g/mol. The van der Waals surface area contributed by atoms with Gasteiger partial charge in [0.2, 0.25) is 5.91 Å². The third-order valence-electron chi connectivity index (χ3n) is 3.67. The van der Waals surface area contributed by atoms with Crippen molar-refractivity contribution in [1.82, 2.24) is 5.32 Å². The van der Waals surface area contributed by atoms with Crippen LogP contribution in [-0.4, -0.2) is 30.2 Å². The molecule has 0 saturated heterocycles. The summed E-state index contributed by atoms with van der Waals surface area (Å²) < 4.78 is 4.97. The number of halogens is 2. The first-order valence-corrected chi connectivity index (χ1v) is 9.91. The molecule has 9 heteroatoms. The Balaban J connectivity index is 1.76. The van der Waals surface area contributed by atoms with Crippen LogP contribution in [0.2, 0.25) is 10.0 Å². The largest absolute Gasteiger partial charge is 0.490 e. The molecule has 27 heavy (non-hydrogen) atoms. The second-order valence-electron chi connectivity index (χ2n) is 5.59. The van der Waals surface area contributed by atoms with E-state index in [0.717, 1.165) is 11.1 Å². The molecule has 1 amide bonds. The molecule has 0 bridgehead atoms. The van der Waals surface area contributed by atoms with E-state index in [2.05, 4.69) is 5.32 Å². The van der Waals surface area contributed by atoms with Crippen LogP contribution in [0.3, 0.4) is 0 Å². The number of rotatable bonds is 9. The highest BCUT2D eigenvalue weighted by atomic mass is 35.5. The van der Waals surface area contributed by atoms with E-state index in [1.54, 1.807) is 24.3 Å². The van der Waals surface area contributed by atoms with Gasteiger partial charge in [0.1, 0.15) is 0 Å². The van der Waals surface area contributed by atoms with Gasteiger partial charge in [-0.25, -0.2) is 0 Å². The minimum absolute atomic E-state index is 0.0834. The number of nitrogens with zero attached hydrogens (tertiary/aromatic N) is 1. The zero-order valence-electron chi connectivity index (χ0n) is 14.5. The molecule has 0 heterocycles. The monoisotopic (exact) mass is 428 g/mol. The van der Waals surface area contributed by atoms with Crippen molar-refractivity contribution >= 4 is 46.6 Å². The number of carbonyl (C=O) groups excluding carboxylic acids is 1. The Bertz CT molecular complexity index is 833. The summed E-state index contributed by atoms with van der Waals surface area (Å²) in [6, 6.07) is 10.0. The highest BCUT2D eigenvalue weighted by molar-refractivity contribution is 7.99. The van der Waals surface area contributed by atoms with Gasteiger partial charge in [0, 0.05) is 28.4 Å². The lowest BCUT2D eigenvalue weighted by molar-refractivity contribution is -0.385. The summed E-state index contributed by atoms with van der Waals surface area (Å²) >= 11 is 13.3. The number of nitro benzene ring substituents is 1. The summed E-state index contributed by atoms with van der Waals surface area (Å²) in [4.78, 5) is 22.5. The topological polar surface area (TPSA) is 81.5 Å². The molecule has 6 nitrogen and oxygen atoms in total. The molecule has 0 atom stereocenters. The molecule has 0 aliphatic rings. The van der Waals surface area contributed by atoms with Crippen LogP contribution in [0.4, 0.5) is 5.69 Å². The molecule has 0 aliphatic carbocycles. The van der Waals surface area contributed by atoms with Crippen molar-refractivity contribution in [2.24, 2.45) is 0 Å². The van der Waals surface area contributed by atoms with Crippen LogP contribution in [0.5, 0.6) is 5.75 Å². The molecule has 2 rings (SSSR count). The summed E-state index contributed by atoms with van der Waals surface area (Å²) in [7, 11) is 1.39. The predicted octanol–water partition coefficient (Wildman–Crippen LogP) is 4.50. The lowest BCUT2D eigenvalue weighted by atomic mass is 10.1. The Labute approximate surface area is 171 Å². The average molecular weight is 429 g/mol. The highest BCUT2D eigenvalue weighted by Crippen LogP contribution is 2.29. The number of ether oxygens (including phenoxy) is 1. The Hall–Kier alpha value is -1.96. The summed E-state index contributed by atoms with van der Waals surface area (Å²) in [6.45, 7) is 0.467. The number of nitrogens with one attached hydrogen (secondary N) is 1. The Morgan fingerprint density at radius 3 is 2.70 bits per heavy atom. The van der Waals surface area contributed by atoms with Crippen LogP contribution in [0.15, 0.2) is 36.4 Å². The maximum absolute atomic E-state index is 11.9. The van der Waals surface area contributed by atoms with Gasteiger partial charge in [-0.05, 0) is 35.7 Å². The van der Waals surface area contributed by atoms with Gasteiger partial charge in [-0.15, -0.1) is 11.8 Å². The third kappa shape index (κ3) is 6.61. The van der Waals surface area contributed by atoms with Gasteiger partial charge in [0.05, 0.1) is 17.8 Å². The van der Waals surface area contributed by atoms with E-state index in [1.165, 1.54) is 24.9 Å². The second kappa shape index (κ2) is 10.4. The van der Waals surface area contributed by atoms with E-state index in [9.17, 15) is 14.9 Å². The van der Waals surface area contributed by atoms with E-state index >= 15 is 0 Å². The van der Waals surface area contributed by atoms with Crippen molar-refractivity contribution in [3.05, 3.63) is 67.7 Å². The normalized spacial score (nSPS) is 10.5. The molecule has 1 N–H and O–H groups in total. The fraction of sp³-hybridized carbons (Fsp3) is 0.278. The van der Waals surface area contributed by atoms with E-state index < -0.39 is 4.92 Å². The smallest absolute Gasteiger partial charge is 0.311 e. The number of hydrogen-bond acceptors (Lipinski definition) is 5. The van der Waals surface area contributed by atoms with E-state index in [-0.39, 0.29) is 23.1 Å². The van der Waals surface area contributed by atoms with Crippen molar-refractivity contribution in [2.45, 2.75) is 12.2 Å². The Morgan fingerprint density at radius 2 is 2.04 bits per heavy atom. The van der Waals surface area contributed by atoms with Crippen molar-refractivity contribution in [3.8, 4) is 5.75 Å². The second-order valence-corrected chi connectivity index (χ2v) is 7.42. The standard InChI is InChI=1S/C18H18Cl2N2O4S/c1-26-17-5-2-12(8-16(17)22(24)25)10-27-11-18(23)21-7-6-13-3-4-14(19)9-15(13)20/h2-5,8-9H,6-7,10-11H2,1H3,(H,21,23). The Kier molecular flexibility index (Phi) is 8.22. The SMILES string of the molecule is COc1ccc(CSCC(=O)NCCc2ccc(Cl)cc2Cl)cc1[N+](=O)[O-]. The van der Waals surface area contributed by atoms with Gasteiger partial charge in [-0.2, -0.15) is 0 Å². The number of hydrogen-bond donors (Lipinski definition) is 1. The molecule has 2 aromatic carbocycles. The number of nitro groups is 1. The first kappa shape index (κ1) is 21.3. The molecular formula is C18H18Cl2N2O4S. The van der Waals surface area contributed by atoms with Gasteiger partial charge in [-0.3, -0.25) is 14.9 Å². The van der Waals surface area contributed by atoms with Crippen molar-refractivity contribution < 1.29 is 14.5 Å².